The van der Waals surface area contributed by atoms with Crippen molar-refractivity contribution in [1.29, 1.82) is 0 Å². The van der Waals surface area contributed by atoms with Gasteiger partial charge in [-0.3, -0.25) is 0 Å². The standard InChI is InChI=1S/C13H18ClF3N2O/c1-3-12(4-2,8-20)7-19-11-10(14)5-9(6-18-11)13(15,16)17/h5-6,20H,3-4,7-8H2,1-2H3,(H,18,19). The first-order chi connectivity index (χ1) is 9.28. The van der Waals surface area contributed by atoms with Gasteiger partial charge >= 0.3 is 6.18 Å². The molecule has 0 spiro atoms. The van der Waals surface area contributed by atoms with Gasteiger partial charge in [-0.2, -0.15) is 13.2 Å². The maximum atomic E-state index is 12.5. The minimum atomic E-state index is -4.46. The van der Waals surface area contributed by atoms with Crippen LogP contribution < -0.4 is 5.32 Å². The zero-order valence-corrected chi connectivity index (χ0v) is 12.1. The fourth-order valence-electron chi connectivity index (χ4n) is 1.77. The number of pyridine rings is 1. The minimum Gasteiger partial charge on any atom is -0.396 e. The van der Waals surface area contributed by atoms with Crippen molar-refractivity contribution in [3.63, 3.8) is 0 Å². The summed E-state index contributed by atoms with van der Waals surface area (Å²) in [6, 6.07) is 0.843. The molecule has 0 bridgehead atoms. The molecule has 7 heteroatoms. The van der Waals surface area contributed by atoms with Crippen LogP contribution in [-0.4, -0.2) is 23.2 Å². The molecule has 0 unspecified atom stereocenters. The third-order valence-electron chi connectivity index (χ3n) is 3.63. The number of alkyl halides is 3. The molecule has 1 aromatic heterocycles. The van der Waals surface area contributed by atoms with Crippen LogP contribution in [0.15, 0.2) is 12.3 Å². The molecule has 2 N–H and O–H groups in total. The van der Waals surface area contributed by atoms with Crippen LogP contribution in [0.2, 0.25) is 5.02 Å². The topological polar surface area (TPSA) is 45.1 Å². The lowest BCUT2D eigenvalue weighted by Gasteiger charge is -2.29. The first-order valence-electron chi connectivity index (χ1n) is 6.35. The summed E-state index contributed by atoms with van der Waals surface area (Å²) in [6.45, 7) is 4.28. The number of rotatable bonds is 6. The fourth-order valence-corrected chi connectivity index (χ4v) is 2.01. The van der Waals surface area contributed by atoms with Gasteiger partial charge in [0.05, 0.1) is 17.2 Å². The van der Waals surface area contributed by atoms with Crippen LogP contribution in [0.4, 0.5) is 19.0 Å². The maximum Gasteiger partial charge on any atom is 0.417 e. The van der Waals surface area contributed by atoms with Crippen LogP contribution in [0, 0.1) is 5.41 Å². The van der Waals surface area contributed by atoms with E-state index in [-0.39, 0.29) is 22.9 Å². The molecule has 3 nitrogen and oxygen atoms in total. The van der Waals surface area contributed by atoms with Gasteiger partial charge in [-0.05, 0) is 18.9 Å². The Labute approximate surface area is 121 Å². The van der Waals surface area contributed by atoms with E-state index >= 15 is 0 Å². The van der Waals surface area contributed by atoms with E-state index in [1.807, 2.05) is 13.8 Å². The van der Waals surface area contributed by atoms with Crippen molar-refractivity contribution in [2.75, 3.05) is 18.5 Å². The zero-order valence-electron chi connectivity index (χ0n) is 11.4. The highest BCUT2D eigenvalue weighted by Crippen LogP contribution is 2.33. The molecule has 20 heavy (non-hydrogen) atoms. The number of aliphatic hydroxyl groups is 1. The summed E-state index contributed by atoms with van der Waals surface area (Å²) in [5.41, 5.74) is -1.21. The van der Waals surface area contributed by atoms with Crippen molar-refractivity contribution in [3.8, 4) is 0 Å². The molecule has 0 aliphatic heterocycles. The molecule has 0 aliphatic carbocycles. The molecule has 0 saturated heterocycles. The van der Waals surface area contributed by atoms with Gasteiger partial charge in [0.25, 0.3) is 0 Å². The Morgan fingerprint density at radius 1 is 1.30 bits per heavy atom. The molecule has 0 radical (unpaired) electrons. The van der Waals surface area contributed by atoms with Gasteiger partial charge in [-0.1, -0.05) is 25.4 Å². The lowest BCUT2D eigenvalue weighted by molar-refractivity contribution is -0.137. The number of hydrogen-bond donors (Lipinski definition) is 2. The van der Waals surface area contributed by atoms with E-state index in [0.717, 1.165) is 25.1 Å². The van der Waals surface area contributed by atoms with Gasteiger partial charge in [0.15, 0.2) is 0 Å². The Balaban J connectivity index is 2.84. The van der Waals surface area contributed by atoms with E-state index in [1.54, 1.807) is 0 Å². The van der Waals surface area contributed by atoms with E-state index in [9.17, 15) is 18.3 Å². The Kier molecular flexibility index (Phi) is 5.65. The van der Waals surface area contributed by atoms with Gasteiger partial charge in [0.1, 0.15) is 5.82 Å². The quantitative estimate of drug-likeness (QED) is 0.836. The molecule has 0 fully saturated rings. The normalized spacial score (nSPS) is 12.6. The Bertz CT molecular complexity index is 439. The van der Waals surface area contributed by atoms with Gasteiger partial charge in [0, 0.05) is 18.2 Å². The molecule has 0 atom stereocenters. The summed E-state index contributed by atoms with van der Waals surface area (Å²) in [4.78, 5) is 3.71. The van der Waals surface area contributed by atoms with Gasteiger partial charge in [-0.25, -0.2) is 4.98 Å². The van der Waals surface area contributed by atoms with Crippen molar-refractivity contribution in [1.82, 2.24) is 4.98 Å². The number of hydrogen-bond acceptors (Lipinski definition) is 3. The average molecular weight is 311 g/mol. The summed E-state index contributed by atoms with van der Waals surface area (Å²) in [6.07, 6.45) is -2.24. The Morgan fingerprint density at radius 2 is 1.90 bits per heavy atom. The van der Waals surface area contributed by atoms with Crippen LogP contribution in [0.3, 0.4) is 0 Å². The largest absolute Gasteiger partial charge is 0.417 e. The van der Waals surface area contributed by atoms with Crippen LogP contribution in [0.1, 0.15) is 32.3 Å². The predicted octanol–water partition coefficient (Wildman–Crippen LogP) is 3.96. The monoisotopic (exact) mass is 310 g/mol. The number of anilines is 1. The number of nitrogens with zero attached hydrogens (tertiary/aromatic N) is 1. The minimum absolute atomic E-state index is 0.00868. The highest BCUT2D eigenvalue weighted by molar-refractivity contribution is 6.32. The predicted molar refractivity (Wildman–Crippen MR) is 72.8 cm³/mol. The number of halogens is 4. The van der Waals surface area contributed by atoms with E-state index in [2.05, 4.69) is 10.3 Å². The average Bonchev–Trinajstić information content (AvgIpc) is 2.41. The van der Waals surface area contributed by atoms with Crippen molar-refractivity contribution in [3.05, 3.63) is 22.8 Å². The van der Waals surface area contributed by atoms with Crippen LogP contribution >= 0.6 is 11.6 Å². The van der Waals surface area contributed by atoms with E-state index < -0.39 is 11.7 Å². The van der Waals surface area contributed by atoms with Crippen molar-refractivity contribution in [2.45, 2.75) is 32.9 Å². The van der Waals surface area contributed by atoms with Crippen molar-refractivity contribution >= 4 is 17.4 Å². The second-order valence-corrected chi connectivity index (χ2v) is 5.18. The van der Waals surface area contributed by atoms with E-state index in [0.29, 0.717) is 6.54 Å². The summed E-state index contributed by atoms with van der Waals surface area (Å²) < 4.78 is 37.5. The summed E-state index contributed by atoms with van der Waals surface area (Å²) in [5.74, 6) is 0.194. The molecular formula is C13H18ClF3N2O. The second-order valence-electron chi connectivity index (χ2n) is 4.77. The Hall–Kier alpha value is -1.01. The maximum absolute atomic E-state index is 12.5. The molecule has 0 aromatic carbocycles. The highest BCUT2D eigenvalue weighted by atomic mass is 35.5. The fraction of sp³-hybridized carbons (Fsp3) is 0.615. The molecule has 1 rings (SSSR count). The lowest BCUT2D eigenvalue weighted by Crippen LogP contribution is -2.32. The molecule has 1 aromatic rings. The number of aromatic nitrogens is 1. The third kappa shape index (κ3) is 3.99. The molecule has 1 heterocycles. The smallest absolute Gasteiger partial charge is 0.396 e. The summed E-state index contributed by atoms with van der Waals surface area (Å²) in [7, 11) is 0. The van der Waals surface area contributed by atoms with Crippen LogP contribution in [0.5, 0.6) is 0 Å². The van der Waals surface area contributed by atoms with Crippen LogP contribution in [-0.2, 0) is 6.18 Å². The molecule has 0 saturated carbocycles. The second kappa shape index (κ2) is 6.63. The van der Waals surface area contributed by atoms with Gasteiger partial charge in [-0.15, -0.1) is 0 Å². The van der Waals surface area contributed by atoms with Gasteiger partial charge in [0.2, 0.25) is 0 Å². The van der Waals surface area contributed by atoms with Crippen molar-refractivity contribution in [2.24, 2.45) is 5.41 Å². The number of aliphatic hydroxyl groups excluding tert-OH is 1. The number of nitrogens with one attached hydrogen (secondary N) is 1. The highest BCUT2D eigenvalue weighted by Gasteiger charge is 2.32. The Morgan fingerprint density at radius 3 is 2.30 bits per heavy atom. The summed E-state index contributed by atoms with van der Waals surface area (Å²) in [5, 5.41) is 12.3. The summed E-state index contributed by atoms with van der Waals surface area (Å²) >= 11 is 5.81. The van der Waals surface area contributed by atoms with E-state index in [1.165, 1.54) is 0 Å². The van der Waals surface area contributed by atoms with Crippen LogP contribution in [0.25, 0.3) is 0 Å². The zero-order chi connectivity index (χ0) is 15.4. The third-order valence-corrected chi connectivity index (χ3v) is 3.92. The lowest BCUT2D eigenvalue weighted by atomic mass is 9.83. The SMILES string of the molecule is CCC(CC)(CO)CNc1ncc(C(F)(F)F)cc1Cl. The first-order valence-corrected chi connectivity index (χ1v) is 6.73. The van der Waals surface area contributed by atoms with Crippen molar-refractivity contribution < 1.29 is 18.3 Å². The molecular weight excluding hydrogens is 293 g/mol. The molecule has 114 valence electrons. The molecule has 0 amide bonds. The molecule has 0 aliphatic rings. The first kappa shape index (κ1) is 17.0. The van der Waals surface area contributed by atoms with E-state index in [4.69, 9.17) is 11.6 Å². The van der Waals surface area contributed by atoms with Gasteiger partial charge < -0.3 is 10.4 Å².